The lowest BCUT2D eigenvalue weighted by molar-refractivity contribution is 0.472. The lowest BCUT2D eigenvalue weighted by Crippen LogP contribution is -1.78. The molecule has 14 heavy (non-hydrogen) atoms. The predicted octanol–water partition coefficient (Wildman–Crippen LogP) is 2.85. The molecule has 1 heterocycles. The number of nitrogens with one attached hydrogen (secondary N) is 1. The zero-order valence-electron chi connectivity index (χ0n) is 7.58. The zero-order valence-corrected chi connectivity index (χ0v) is 9.17. The highest BCUT2D eigenvalue weighted by atomic mass is 79.9. The quantitative estimate of drug-likeness (QED) is 0.820. The van der Waals surface area contributed by atoms with E-state index >= 15 is 0 Å². The van der Waals surface area contributed by atoms with Gasteiger partial charge in [-0.15, -0.1) is 0 Å². The van der Waals surface area contributed by atoms with Crippen molar-refractivity contribution in [1.82, 2.24) is 9.97 Å². The Labute approximate surface area is 89.9 Å². The number of hydrogen-bond donors (Lipinski definition) is 2. The summed E-state index contributed by atoms with van der Waals surface area (Å²) in [5.74, 6) is 1.12. The summed E-state index contributed by atoms with van der Waals surface area (Å²) in [5, 5.41) is 9.32. The van der Waals surface area contributed by atoms with Crippen LogP contribution in [0, 0.1) is 6.92 Å². The van der Waals surface area contributed by atoms with Gasteiger partial charge in [0.1, 0.15) is 11.6 Å². The molecule has 0 spiro atoms. The number of hydrogen-bond acceptors (Lipinski definition) is 2. The Bertz CT molecular complexity index is 465. The molecule has 2 rings (SSSR count). The number of phenolic OH excluding ortho intramolecular Hbond substituents is 1. The summed E-state index contributed by atoms with van der Waals surface area (Å²) in [7, 11) is 0. The Hall–Kier alpha value is -1.29. The van der Waals surface area contributed by atoms with Crippen molar-refractivity contribution in [3.8, 4) is 17.0 Å². The van der Waals surface area contributed by atoms with Gasteiger partial charge in [-0.2, -0.15) is 0 Å². The number of aryl methyl sites for hydroxylation is 1. The van der Waals surface area contributed by atoms with Crippen molar-refractivity contribution in [3.63, 3.8) is 0 Å². The van der Waals surface area contributed by atoms with Gasteiger partial charge in [-0.25, -0.2) is 4.98 Å². The van der Waals surface area contributed by atoms with Gasteiger partial charge in [0.05, 0.1) is 16.4 Å². The number of aromatic hydroxyl groups is 1. The van der Waals surface area contributed by atoms with E-state index in [1.54, 1.807) is 12.3 Å². The Kier molecular flexibility index (Phi) is 2.29. The first-order chi connectivity index (χ1) is 6.66. The van der Waals surface area contributed by atoms with Crippen molar-refractivity contribution in [3.05, 3.63) is 34.7 Å². The van der Waals surface area contributed by atoms with Crippen LogP contribution in [-0.2, 0) is 0 Å². The SMILES string of the molecule is Cc1ncc(-c2ccc(O)c(Br)c2)[nH]1. The average molecular weight is 253 g/mol. The number of rotatable bonds is 1. The summed E-state index contributed by atoms with van der Waals surface area (Å²) in [6.07, 6.45) is 1.77. The molecule has 0 radical (unpaired) electrons. The molecule has 0 atom stereocenters. The number of benzene rings is 1. The third kappa shape index (κ3) is 1.65. The van der Waals surface area contributed by atoms with E-state index in [1.807, 2.05) is 19.1 Å². The summed E-state index contributed by atoms with van der Waals surface area (Å²) in [6.45, 7) is 1.90. The number of H-pyrrole nitrogens is 1. The normalized spacial score (nSPS) is 10.4. The molecule has 0 aliphatic rings. The monoisotopic (exact) mass is 252 g/mol. The molecule has 0 aliphatic heterocycles. The number of nitrogens with zero attached hydrogens (tertiary/aromatic N) is 1. The molecule has 0 amide bonds. The van der Waals surface area contributed by atoms with Gasteiger partial charge < -0.3 is 10.1 Å². The van der Waals surface area contributed by atoms with E-state index in [0.717, 1.165) is 17.1 Å². The van der Waals surface area contributed by atoms with Crippen molar-refractivity contribution in [2.45, 2.75) is 6.92 Å². The van der Waals surface area contributed by atoms with E-state index < -0.39 is 0 Å². The maximum absolute atomic E-state index is 9.32. The fourth-order valence-corrected chi connectivity index (χ4v) is 1.62. The fraction of sp³-hybridized carbons (Fsp3) is 0.100. The molecule has 0 fully saturated rings. The van der Waals surface area contributed by atoms with Gasteiger partial charge in [0, 0.05) is 5.56 Å². The number of aromatic amines is 1. The van der Waals surface area contributed by atoms with Crippen LogP contribution in [0.4, 0.5) is 0 Å². The number of aromatic nitrogens is 2. The van der Waals surface area contributed by atoms with Gasteiger partial charge in [0.25, 0.3) is 0 Å². The van der Waals surface area contributed by atoms with E-state index in [-0.39, 0.29) is 5.75 Å². The number of phenols is 1. The molecular formula is C10H9BrN2O. The molecule has 3 nitrogen and oxygen atoms in total. The van der Waals surface area contributed by atoms with Crippen LogP contribution in [-0.4, -0.2) is 15.1 Å². The van der Waals surface area contributed by atoms with Crippen molar-refractivity contribution < 1.29 is 5.11 Å². The molecule has 1 aromatic carbocycles. The second-order valence-corrected chi connectivity index (χ2v) is 3.90. The Morgan fingerprint density at radius 3 is 2.79 bits per heavy atom. The molecule has 0 aliphatic carbocycles. The second-order valence-electron chi connectivity index (χ2n) is 3.05. The standard InChI is InChI=1S/C10H9BrN2O/c1-6-12-5-9(13-6)7-2-3-10(14)8(11)4-7/h2-5,14H,1H3,(H,12,13). The van der Waals surface area contributed by atoms with Crippen LogP contribution in [0.3, 0.4) is 0 Å². The lowest BCUT2D eigenvalue weighted by Gasteiger charge is -2.00. The van der Waals surface area contributed by atoms with E-state index in [4.69, 9.17) is 0 Å². The Morgan fingerprint density at radius 1 is 1.43 bits per heavy atom. The molecule has 0 bridgehead atoms. The summed E-state index contributed by atoms with van der Waals surface area (Å²) < 4.78 is 0.683. The zero-order chi connectivity index (χ0) is 10.1. The highest BCUT2D eigenvalue weighted by Gasteiger charge is 2.03. The predicted molar refractivity (Wildman–Crippen MR) is 58.1 cm³/mol. The van der Waals surface area contributed by atoms with Gasteiger partial charge >= 0.3 is 0 Å². The molecule has 1 aromatic heterocycles. The first-order valence-electron chi connectivity index (χ1n) is 4.17. The second kappa shape index (κ2) is 3.46. The Balaban J connectivity index is 2.47. The van der Waals surface area contributed by atoms with E-state index in [1.165, 1.54) is 0 Å². The molecule has 0 unspecified atom stereocenters. The van der Waals surface area contributed by atoms with Gasteiger partial charge in [-0.3, -0.25) is 0 Å². The summed E-state index contributed by atoms with van der Waals surface area (Å²) in [6, 6.07) is 5.34. The molecule has 0 saturated carbocycles. The van der Waals surface area contributed by atoms with Crippen LogP contribution in [0.15, 0.2) is 28.9 Å². The highest BCUT2D eigenvalue weighted by Crippen LogP contribution is 2.28. The average Bonchev–Trinajstić information content (AvgIpc) is 2.57. The van der Waals surface area contributed by atoms with Crippen LogP contribution >= 0.6 is 15.9 Å². The summed E-state index contributed by atoms with van der Waals surface area (Å²) >= 11 is 3.27. The van der Waals surface area contributed by atoms with Crippen LogP contribution < -0.4 is 0 Å². The molecule has 0 saturated heterocycles. The fourth-order valence-electron chi connectivity index (χ4n) is 1.24. The molecule has 2 aromatic rings. The molecule has 4 heteroatoms. The maximum atomic E-state index is 9.32. The van der Waals surface area contributed by atoms with E-state index in [9.17, 15) is 5.11 Å². The van der Waals surface area contributed by atoms with Crippen LogP contribution in [0.1, 0.15) is 5.82 Å². The van der Waals surface area contributed by atoms with Crippen molar-refractivity contribution in [2.75, 3.05) is 0 Å². The smallest absolute Gasteiger partial charge is 0.129 e. The van der Waals surface area contributed by atoms with Gasteiger partial charge in [-0.1, -0.05) is 0 Å². The molecular weight excluding hydrogens is 244 g/mol. The third-order valence-electron chi connectivity index (χ3n) is 1.96. The topological polar surface area (TPSA) is 48.9 Å². The summed E-state index contributed by atoms with van der Waals surface area (Å²) in [5.41, 5.74) is 1.94. The van der Waals surface area contributed by atoms with E-state index in [0.29, 0.717) is 4.47 Å². The van der Waals surface area contributed by atoms with Crippen molar-refractivity contribution in [1.29, 1.82) is 0 Å². The minimum absolute atomic E-state index is 0.241. The summed E-state index contributed by atoms with van der Waals surface area (Å²) in [4.78, 5) is 7.24. The largest absolute Gasteiger partial charge is 0.507 e. The first kappa shape index (κ1) is 9.27. The Morgan fingerprint density at radius 2 is 2.21 bits per heavy atom. The minimum atomic E-state index is 0.241. The lowest BCUT2D eigenvalue weighted by atomic mass is 10.2. The highest BCUT2D eigenvalue weighted by molar-refractivity contribution is 9.10. The molecule has 72 valence electrons. The maximum Gasteiger partial charge on any atom is 0.129 e. The van der Waals surface area contributed by atoms with Crippen molar-refractivity contribution in [2.24, 2.45) is 0 Å². The van der Waals surface area contributed by atoms with Gasteiger partial charge in [-0.05, 0) is 41.1 Å². The van der Waals surface area contributed by atoms with Gasteiger partial charge in [0.2, 0.25) is 0 Å². The number of imidazole rings is 1. The molecule has 2 N–H and O–H groups in total. The van der Waals surface area contributed by atoms with Gasteiger partial charge in [0.15, 0.2) is 0 Å². The third-order valence-corrected chi connectivity index (χ3v) is 2.60. The van der Waals surface area contributed by atoms with E-state index in [2.05, 4.69) is 25.9 Å². The number of halogens is 1. The minimum Gasteiger partial charge on any atom is -0.507 e. The van der Waals surface area contributed by atoms with Crippen LogP contribution in [0.2, 0.25) is 0 Å². The van der Waals surface area contributed by atoms with Crippen molar-refractivity contribution >= 4 is 15.9 Å². The first-order valence-corrected chi connectivity index (χ1v) is 4.96. The van der Waals surface area contributed by atoms with Crippen LogP contribution in [0.5, 0.6) is 5.75 Å². The van der Waals surface area contributed by atoms with Crippen LogP contribution in [0.25, 0.3) is 11.3 Å².